The molecule has 0 atom stereocenters. The number of nitrogens with one attached hydrogen (secondary N) is 2. The number of nitrogens with zero attached hydrogens (tertiary/aromatic N) is 1. The minimum absolute atomic E-state index is 0.152. The predicted molar refractivity (Wildman–Crippen MR) is 80.2 cm³/mol. The Hall–Kier alpha value is -1.82. The van der Waals surface area contributed by atoms with E-state index in [9.17, 15) is 9.59 Å². The van der Waals surface area contributed by atoms with Crippen molar-refractivity contribution in [2.24, 2.45) is 0 Å². The third kappa shape index (κ3) is 7.51. The topological polar surface area (TPSA) is 80.3 Å². The first-order chi connectivity index (χ1) is 9.78. The van der Waals surface area contributed by atoms with Crippen LogP contribution in [0.25, 0.3) is 0 Å². The van der Waals surface area contributed by atoms with E-state index in [2.05, 4.69) is 15.6 Å². The van der Waals surface area contributed by atoms with Gasteiger partial charge in [-0.05, 0) is 32.4 Å². The summed E-state index contributed by atoms with van der Waals surface area (Å²) in [5.74, 6) is -0.184. The van der Waals surface area contributed by atoms with Crippen LogP contribution in [0.1, 0.15) is 26.3 Å². The molecule has 2 N–H and O–H groups in total. The monoisotopic (exact) mass is 313 g/mol. The molecule has 0 radical (unpaired) electrons. The Balaban J connectivity index is 2.23. The Morgan fingerprint density at radius 3 is 2.57 bits per heavy atom. The number of carbonyl (C=O) groups is 2. The van der Waals surface area contributed by atoms with E-state index in [4.69, 9.17) is 16.3 Å². The molecule has 0 saturated heterocycles. The first-order valence-electron chi connectivity index (χ1n) is 6.60. The molecule has 1 aromatic heterocycles. The number of aromatic nitrogens is 1. The van der Waals surface area contributed by atoms with Crippen molar-refractivity contribution < 1.29 is 14.3 Å². The highest BCUT2D eigenvalue weighted by Gasteiger charge is 2.15. The number of pyridine rings is 1. The van der Waals surface area contributed by atoms with Crippen molar-refractivity contribution in [3.63, 3.8) is 0 Å². The van der Waals surface area contributed by atoms with Gasteiger partial charge < -0.3 is 15.4 Å². The molecule has 116 valence electrons. The van der Waals surface area contributed by atoms with Crippen molar-refractivity contribution in [3.8, 4) is 0 Å². The molecule has 0 bridgehead atoms. The van der Waals surface area contributed by atoms with Crippen LogP contribution in [0.4, 0.5) is 4.79 Å². The van der Waals surface area contributed by atoms with Crippen LogP contribution in [-0.4, -0.2) is 35.7 Å². The van der Waals surface area contributed by atoms with Crippen molar-refractivity contribution in [2.75, 3.05) is 13.1 Å². The van der Waals surface area contributed by atoms with E-state index in [1.165, 1.54) is 0 Å². The Morgan fingerprint density at radius 2 is 1.95 bits per heavy atom. The summed E-state index contributed by atoms with van der Waals surface area (Å²) in [5, 5.41) is 5.74. The molecule has 7 heteroatoms. The summed E-state index contributed by atoms with van der Waals surface area (Å²) in [6.07, 6.45) is 2.76. The van der Waals surface area contributed by atoms with Crippen molar-refractivity contribution >= 4 is 23.6 Å². The number of alkyl carbamates (subject to hydrolysis) is 1. The quantitative estimate of drug-likeness (QED) is 0.814. The molecule has 0 unspecified atom stereocenters. The van der Waals surface area contributed by atoms with E-state index in [0.717, 1.165) is 0 Å². The van der Waals surface area contributed by atoms with Gasteiger partial charge >= 0.3 is 6.09 Å². The molecule has 0 aliphatic carbocycles. The second-order valence-electron chi connectivity index (χ2n) is 5.42. The van der Waals surface area contributed by atoms with Gasteiger partial charge in [0.2, 0.25) is 5.91 Å². The molecule has 6 nitrogen and oxygen atoms in total. The highest BCUT2D eigenvalue weighted by molar-refractivity contribution is 6.31. The average Bonchev–Trinajstić information content (AvgIpc) is 2.35. The van der Waals surface area contributed by atoms with Gasteiger partial charge in [-0.3, -0.25) is 9.78 Å². The molecular formula is C14H20ClN3O3. The Labute approximate surface area is 129 Å². The van der Waals surface area contributed by atoms with E-state index < -0.39 is 11.7 Å². The smallest absolute Gasteiger partial charge is 0.407 e. The number of hydrogen-bond acceptors (Lipinski definition) is 4. The fourth-order valence-electron chi connectivity index (χ4n) is 1.46. The fraction of sp³-hybridized carbons (Fsp3) is 0.500. The Kier molecular flexibility index (Phi) is 6.42. The Morgan fingerprint density at radius 1 is 1.29 bits per heavy atom. The summed E-state index contributed by atoms with van der Waals surface area (Å²) in [5.41, 5.74) is 0.126. The summed E-state index contributed by atoms with van der Waals surface area (Å²) in [4.78, 5) is 27.0. The number of amides is 2. The van der Waals surface area contributed by atoms with Crippen LogP contribution in [0, 0.1) is 0 Å². The van der Waals surface area contributed by atoms with Crippen molar-refractivity contribution in [1.29, 1.82) is 0 Å². The van der Waals surface area contributed by atoms with Crippen molar-refractivity contribution in [1.82, 2.24) is 15.6 Å². The second kappa shape index (κ2) is 7.83. The minimum atomic E-state index is -0.537. The molecule has 0 aliphatic rings. The van der Waals surface area contributed by atoms with Gasteiger partial charge in [0, 0.05) is 30.5 Å². The number of hydrogen-bond donors (Lipinski definition) is 2. The molecule has 1 aromatic rings. The van der Waals surface area contributed by atoms with E-state index >= 15 is 0 Å². The highest BCUT2D eigenvalue weighted by atomic mass is 35.5. The van der Waals surface area contributed by atoms with Gasteiger partial charge in [-0.25, -0.2) is 4.79 Å². The molecule has 0 aliphatic heterocycles. The van der Waals surface area contributed by atoms with E-state index in [1.807, 2.05) is 0 Å². The minimum Gasteiger partial charge on any atom is -0.444 e. The van der Waals surface area contributed by atoms with Gasteiger partial charge in [0.1, 0.15) is 5.60 Å². The summed E-state index contributed by atoms with van der Waals surface area (Å²) in [6, 6.07) is 1.63. The van der Waals surface area contributed by atoms with Crippen LogP contribution in [0.15, 0.2) is 18.5 Å². The lowest BCUT2D eigenvalue weighted by molar-refractivity contribution is -0.120. The summed E-state index contributed by atoms with van der Waals surface area (Å²) in [7, 11) is 0. The van der Waals surface area contributed by atoms with Crippen LogP contribution in [0.2, 0.25) is 5.02 Å². The first-order valence-corrected chi connectivity index (χ1v) is 6.97. The SMILES string of the molecule is CC(C)(C)OC(=O)NCCNC(=O)Cc1cnccc1Cl. The summed E-state index contributed by atoms with van der Waals surface area (Å²) >= 11 is 5.94. The normalized spacial score (nSPS) is 10.9. The molecule has 0 aromatic carbocycles. The van der Waals surface area contributed by atoms with E-state index in [-0.39, 0.29) is 12.3 Å². The van der Waals surface area contributed by atoms with Crippen LogP contribution in [-0.2, 0) is 16.0 Å². The third-order valence-electron chi connectivity index (χ3n) is 2.31. The second-order valence-corrected chi connectivity index (χ2v) is 5.83. The largest absolute Gasteiger partial charge is 0.444 e. The molecule has 1 rings (SSSR count). The van der Waals surface area contributed by atoms with Crippen LogP contribution < -0.4 is 10.6 Å². The van der Waals surface area contributed by atoms with Crippen LogP contribution in [0.5, 0.6) is 0 Å². The van der Waals surface area contributed by atoms with Gasteiger partial charge in [-0.1, -0.05) is 11.6 Å². The lowest BCUT2D eigenvalue weighted by Crippen LogP contribution is -2.38. The van der Waals surface area contributed by atoms with Gasteiger partial charge in [0.05, 0.1) is 6.42 Å². The van der Waals surface area contributed by atoms with Crippen LogP contribution >= 0.6 is 11.6 Å². The molecule has 1 heterocycles. The molecular weight excluding hydrogens is 294 g/mol. The standard InChI is InChI=1S/C14H20ClN3O3/c1-14(2,3)21-13(20)18-7-6-17-12(19)8-10-9-16-5-4-11(10)15/h4-5,9H,6-8H2,1-3H3,(H,17,19)(H,18,20). The first kappa shape index (κ1) is 17.2. The maximum absolute atomic E-state index is 11.7. The zero-order valence-corrected chi connectivity index (χ0v) is 13.2. The lowest BCUT2D eigenvalue weighted by atomic mass is 10.2. The Bertz CT molecular complexity index is 500. The van der Waals surface area contributed by atoms with Crippen LogP contribution in [0.3, 0.4) is 0 Å². The zero-order chi connectivity index (χ0) is 15.9. The maximum atomic E-state index is 11.7. The van der Waals surface area contributed by atoms with E-state index in [0.29, 0.717) is 23.7 Å². The molecule has 0 fully saturated rings. The maximum Gasteiger partial charge on any atom is 0.407 e. The van der Waals surface area contributed by atoms with Crippen molar-refractivity contribution in [2.45, 2.75) is 32.8 Å². The lowest BCUT2D eigenvalue weighted by Gasteiger charge is -2.19. The fourth-order valence-corrected chi connectivity index (χ4v) is 1.63. The van der Waals surface area contributed by atoms with E-state index in [1.54, 1.807) is 39.2 Å². The number of ether oxygens (including phenoxy) is 1. The number of halogens is 1. The predicted octanol–water partition coefficient (Wildman–Crippen LogP) is 1.92. The molecule has 21 heavy (non-hydrogen) atoms. The zero-order valence-electron chi connectivity index (χ0n) is 12.4. The van der Waals surface area contributed by atoms with Crippen molar-refractivity contribution in [3.05, 3.63) is 29.0 Å². The average molecular weight is 314 g/mol. The number of carbonyl (C=O) groups excluding carboxylic acids is 2. The van der Waals surface area contributed by atoms with Gasteiger partial charge in [0.25, 0.3) is 0 Å². The van der Waals surface area contributed by atoms with Gasteiger partial charge in [-0.2, -0.15) is 0 Å². The van der Waals surface area contributed by atoms with Gasteiger partial charge in [-0.15, -0.1) is 0 Å². The number of rotatable bonds is 5. The van der Waals surface area contributed by atoms with Gasteiger partial charge in [0.15, 0.2) is 0 Å². The summed E-state index contributed by atoms with van der Waals surface area (Å²) in [6.45, 7) is 5.96. The molecule has 0 saturated carbocycles. The molecule has 2 amide bonds. The third-order valence-corrected chi connectivity index (χ3v) is 2.68. The highest BCUT2D eigenvalue weighted by Crippen LogP contribution is 2.13. The molecule has 0 spiro atoms. The summed E-state index contributed by atoms with van der Waals surface area (Å²) < 4.78 is 5.07.